The molecule has 9 rings (SSSR count). The van der Waals surface area contributed by atoms with E-state index in [1.165, 1.54) is 44.5 Å². The van der Waals surface area contributed by atoms with Crippen LogP contribution in [0.1, 0.15) is 128 Å². The normalized spacial score (nSPS) is 12.3. The van der Waals surface area contributed by atoms with Gasteiger partial charge in [-0.25, -0.2) is 4.98 Å². The van der Waals surface area contributed by atoms with Crippen LogP contribution >= 0.6 is 0 Å². The monoisotopic (exact) mass is 829 g/mol. The molecular weight excluding hydrogens is 769 g/mol. The molecule has 0 atom stereocenters. The maximum absolute atomic E-state index is 7.13. The summed E-state index contributed by atoms with van der Waals surface area (Å²) in [5, 5.41) is 2.35. The fraction of sp³-hybridized carbons (Fsp3) is 0.276. The third-order valence-electron chi connectivity index (χ3n) is 12.8. The molecule has 0 aliphatic heterocycles. The maximum Gasteiger partial charge on any atom is 0.255 e. The summed E-state index contributed by atoms with van der Waals surface area (Å²) >= 11 is 0. The Labute approximate surface area is 373 Å². The van der Waals surface area contributed by atoms with Gasteiger partial charge in [0.05, 0.1) is 11.0 Å². The SMILES string of the molecule is CC(C)c1cccc(C(C)C)c1-c1cc(Oc2ccc3c4ccccc4n(-c4cc(C(C)(C)C)ccn4)c3c2)cc(-n2c[n+](-c3c(C(C)C)cccc3C(C)C)c3ccccc32)c1. The van der Waals surface area contributed by atoms with Crippen molar-refractivity contribution in [3.63, 3.8) is 0 Å². The lowest BCUT2D eigenvalue weighted by molar-refractivity contribution is -0.569. The first-order valence-electron chi connectivity index (χ1n) is 22.8. The van der Waals surface area contributed by atoms with Crippen molar-refractivity contribution in [2.75, 3.05) is 0 Å². The lowest BCUT2D eigenvalue weighted by atomic mass is 9.85. The van der Waals surface area contributed by atoms with Gasteiger partial charge in [0.2, 0.25) is 0 Å². The van der Waals surface area contributed by atoms with E-state index < -0.39 is 0 Å². The summed E-state index contributed by atoms with van der Waals surface area (Å²) < 4.78 is 14.2. The van der Waals surface area contributed by atoms with E-state index in [4.69, 9.17) is 9.72 Å². The zero-order chi connectivity index (χ0) is 44.3. The number of nitrogens with zero attached hydrogens (tertiary/aromatic N) is 4. The van der Waals surface area contributed by atoms with Gasteiger partial charge in [0.25, 0.3) is 6.33 Å². The smallest absolute Gasteiger partial charge is 0.255 e. The Bertz CT molecular complexity index is 3100. The number of ether oxygens (including phenoxy) is 1. The molecule has 6 aromatic carbocycles. The highest BCUT2D eigenvalue weighted by atomic mass is 16.5. The molecule has 9 aromatic rings. The fourth-order valence-corrected chi connectivity index (χ4v) is 9.50. The van der Waals surface area contributed by atoms with Gasteiger partial charge >= 0.3 is 0 Å². The van der Waals surface area contributed by atoms with E-state index in [0.717, 1.165) is 56.0 Å². The number of para-hydroxylation sites is 4. The summed E-state index contributed by atoms with van der Waals surface area (Å²) in [4.78, 5) is 4.94. The van der Waals surface area contributed by atoms with Gasteiger partial charge in [-0.1, -0.05) is 143 Å². The highest BCUT2D eigenvalue weighted by Crippen LogP contribution is 2.41. The molecule has 5 nitrogen and oxygen atoms in total. The molecule has 0 N–H and O–H groups in total. The van der Waals surface area contributed by atoms with Gasteiger partial charge in [0.1, 0.15) is 28.7 Å². The van der Waals surface area contributed by atoms with Crippen LogP contribution in [-0.2, 0) is 5.41 Å². The summed E-state index contributed by atoms with van der Waals surface area (Å²) in [6.07, 6.45) is 4.23. The highest BCUT2D eigenvalue weighted by molar-refractivity contribution is 6.09. The average Bonchev–Trinajstić information content (AvgIpc) is 3.81. The molecule has 0 unspecified atom stereocenters. The van der Waals surface area contributed by atoms with Crippen LogP contribution in [0.3, 0.4) is 0 Å². The molecule has 0 amide bonds. The van der Waals surface area contributed by atoms with Gasteiger partial charge < -0.3 is 4.74 Å². The second-order valence-electron chi connectivity index (χ2n) is 19.6. The standard InChI is InChI=1S/C58H61N4O/c1-36(2)45-19-16-20-46(37(3)4)56(45)40-30-42(60-35-61(53-25-15-14-24-52(53)60)57-47(38(5)6)21-17-22-48(57)39(7)8)33-44(31-40)63-43-26-27-50-49-18-12-13-23-51(49)62(54(50)34-43)55-32-41(28-29-59-55)58(9,10)11/h12-39H,1-11H3/q+1. The number of aromatic nitrogens is 4. The van der Waals surface area contributed by atoms with E-state index in [2.05, 4.69) is 230 Å². The lowest BCUT2D eigenvalue weighted by Gasteiger charge is -2.21. The fourth-order valence-electron chi connectivity index (χ4n) is 9.50. The van der Waals surface area contributed by atoms with Crippen molar-refractivity contribution in [1.29, 1.82) is 0 Å². The minimum Gasteiger partial charge on any atom is -0.457 e. The average molecular weight is 830 g/mol. The Kier molecular flexibility index (Phi) is 10.9. The van der Waals surface area contributed by atoms with Gasteiger partial charge in [0.15, 0.2) is 11.0 Å². The van der Waals surface area contributed by atoms with Gasteiger partial charge in [-0.2, -0.15) is 9.13 Å². The van der Waals surface area contributed by atoms with E-state index in [1.54, 1.807) is 0 Å². The molecule has 0 saturated heterocycles. The molecule has 0 spiro atoms. The molecule has 0 aliphatic carbocycles. The molecule has 0 aliphatic rings. The van der Waals surface area contributed by atoms with Crippen molar-refractivity contribution < 1.29 is 9.30 Å². The largest absolute Gasteiger partial charge is 0.457 e. The van der Waals surface area contributed by atoms with Crippen LogP contribution in [0, 0.1) is 0 Å². The number of pyridine rings is 1. The summed E-state index contributed by atoms with van der Waals surface area (Å²) in [6, 6.07) is 48.7. The molecule has 318 valence electrons. The molecule has 0 saturated carbocycles. The Morgan fingerprint density at radius 2 is 1.14 bits per heavy atom. The highest BCUT2D eigenvalue weighted by Gasteiger charge is 2.27. The zero-order valence-electron chi connectivity index (χ0n) is 38.9. The third kappa shape index (κ3) is 7.62. The van der Waals surface area contributed by atoms with Crippen molar-refractivity contribution in [2.24, 2.45) is 0 Å². The Morgan fingerprint density at radius 3 is 1.79 bits per heavy atom. The van der Waals surface area contributed by atoms with Crippen molar-refractivity contribution in [1.82, 2.24) is 14.1 Å². The predicted octanol–water partition coefficient (Wildman–Crippen LogP) is 15.6. The molecule has 0 radical (unpaired) electrons. The summed E-state index contributed by atoms with van der Waals surface area (Å²) in [6.45, 7) is 25.1. The van der Waals surface area contributed by atoms with Crippen LogP contribution in [0.2, 0.25) is 0 Å². The van der Waals surface area contributed by atoms with E-state index in [1.807, 2.05) is 6.20 Å². The van der Waals surface area contributed by atoms with Crippen LogP contribution in [0.5, 0.6) is 11.5 Å². The number of benzene rings is 6. The summed E-state index contributed by atoms with van der Waals surface area (Å²) in [5.74, 6) is 3.81. The number of rotatable bonds is 10. The minimum atomic E-state index is -0.0179. The number of hydrogen-bond acceptors (Lipinski definition) is 2. The first-order valence-corrected chi connectivity index (χ1v) is 22.8. The van der Waals surface area contributed by atoms with Gasteiger partial charge in [-0.15, -0.1) is 0 Å². The van der Waals surface area contributed by atoms with E-state index in [9.17, 15) is 0 Å². The predicted molar refractivity (Wildman–Crippen MR) is 264 cm³/mol. The van der Waals surface area contributed by atoms with Crippen LogP contribution < -0.4 is 9.30 Å². The first-order chi connectivity index (χ1) is 30.2. The van der Waals surface area contributed by atoms with Gasteiger partial charge in [0, 0.05) is 40.2 Å². The summed E-state index contributed by atoms with van der Waals surface area (Å²) in [5.41, 5.74) is 15.8. The molecule has 0 bridgehead atoms. The summed E-state index contributed by atoms with van der Waals surface area (Å²) in [7, 11) is 0. The van der Waals surface area contributed by atoms with Crippen LogP contribution in [0.15, 0.2) is 146 Å². The van der Waals surface area contributed by atoms with Crippen LogP contribution in [-0.4, -0.2) is 14.1 Å². The maximum atomic E-state index is 7.13. The van der Waals surface area contributed by atoms with Crippen LogP contribution in [0.4, 0.5) is 0 Å². The molecule has 63 heavy (non-hydrogen) atoms. The van der Waals surface area contributed by atoms with Gasteiger partial charge in [-0.3, -0.25) is 4.57 Å². The molecule has 3 heterocycles. The molecule has 3 aromatic heterocycles. The minimum absolute atomic E-state index is 0.0179. The van der Waals surface area contributed by atoms with E-state index >= 15 is 0 Å². The molecule has 0 fully saturated rings. The lowest BCUT2D eigenvalue weighted by Crippen LogP contribution is -2.33. The van der Waals surface area contributed by atoms with Crippen molar-refractivity contribution >= 4 is 32.8 Å². The number of imidazole rings is 1. The molecule has 5 heteroatoms. The van der Waals surface area contributed by atoms with Crippen molar-refractivity contribution in [3.8, 4) is 39.8 Å². The zero-order valence-corrected chi connectivity index (χ0v) is 38.9. The first kappa shape index (κ1) is 41.9. The second kappa shape index (κ2) is 16.3. The topological polar surface area (TPSA) is 35.9 Å². The van der Waals surface area contributed by atoms with E-state index in [-0.39, 0.29) is 5.41 Å². The Morgan fingerprint density at radius 1 is 0.540 bits per heavy atom. The number of fused-ring (bicyclic) bond motifs is 4. The molecular formula is C58H61N4O+. The van der Waals surface area contributed by atoms with Crippen molar-refractivity contribution in [3.05, 3.63) is 174 Å². The number of hydrogen-bond donors (Lipinski definition) is 0. The van der Waals surface area contributed by atoms with Crippen molar-refractivity contribution in [2.45, 2.75) is 105 Å². The quantitative estimate of drug-likeness (QED) is 0.129. The van der Waals surface area contributed by atoms with E-state index in [0.29, 0.717) is 23.7 Å². The Hall–Kier alpha value is -6.46. The second-order valence-corrected chi connectivity index (χ2v) is 19.6. The van der Waals surface area contributed by atoms with Crippen LogP contribution in [0.25, 0.3) is 61.2 Å². The Balaban J connectivity index is 1.28. The third-order valence-corrected chi connectivity index (χ3v) is 12.8. The van der Waals surface area contributed by atoms with Gasteiger partial charge in [-0.05, 0) is 112 Å².